The molecule has 0 N–H and O–H groups in total. The molecule has 0 unspecified atom stereocenters. The van der Waals surface area contributed by atoms with Crippen LogP contribution >= 0.6 is 0 Å². The molecule has 284 valence electrons. The van der Waals surface area contributed by atoms with E-state index >= 15 is 0 Å². The standard InChI is InChI=1S/C60H44/c1-59(2)53-22-12-10-19-49(53)58-50(20-13-23-54(58)59)57-47-18-8-7-17-46(47)56(48-33-31-42(35-51(48)57)41-29-26-37-14-5-6-15-40(37)34-41)39-27-24-38(25-28-39)43-30-32-45-44-16-9-11-21-52(44)60(3,4)55(45)36-43/h5-36H,1-4H3. The summed E-state index contributed by atoms with van der Waals surface area (Å²) in [6.07, 6.45) is 0. The van der Waals surface area contributed by atoms with Crippen LogP contribution in [0.5, 0.6) is 0 Å². The molecule has 0 aliphatic heterocycles. The molecule has 0 spiro atoms. The van der Waals surface area contributed by atoms with E-state index in [1.54, 1.807) is 0 Å². The van der Waals surface area contributed by atoms with Crippen LogP contribution in [0, 0.1) is 0 Å². The molecule has 2 aliphatic rings. The van der Waals surface area contributed by atoms with E-state index in [1.807, 2.05) is 0 Å². The van der Waals surface area contributed by atoms with Crippen molar-refractivity contribution in [2.75, 3.05) is 0 Å². The fourth-order valence-electron chi connectivity index (χ4n) is 11.0. The Morgan fingerprint density at radius 3 is 1.55 bits per heavy atom. The summed E-state index contributed by atoms with van der Waals surface area (Å²) in [6, 6.07) is 73.2. The number of hydrogen-bond acceptors (Lipinski definition) is 0. The van der Waals surface area contributed by atoms with Gasteiger partial charge in [0.25, 0.3) is 0 Å². The van der Waals surface area contributed by atoms with E-state index in [-0.39, 0.29) is 10.8 Å². The Labute approximate surface area is 352 Å². The zero-order valence-electron chi connectivity index (χ0n) is 34.5. The van der Waals surface area contributed by atoms with Crippen LogP contribution in [0.15, 0.2) is 194 Å². The summed E-state index contributed by atoms with van der Waals surface area (Å²) in [5.74, 6) is 0. The lowest BCUT2D eigenvalue weighted by Gasteiger charge is -2.23. The molecule has 0 saturated heterocycles. The average Bonchev–Trinajstić information content (AvgIpc) is 3.67. The van der Waals surface area contributed by atoms with Crippen LogP contribution in [0.4, 0.5) is 0 Å². The highest BCUT2D eigenvalue weighted by molar-refractivity contribution is 6.23. The molecule has 12 rings (SSSR count). The Balaban J connectivity index is 1.08. The van der Waals surface area contributed by atoms with Gasteiger partial charge in [-0.2, -0.15) is 0 Å². The minimum atomic E-state index is -0.0932. The van der Waals surface area contributed by atoms with Crippen molar-refractivity contribution in [3.05, 3.63) is 216 Å². The fraction of sp³-hybridized carbons (Fsp3) is 0.100. The second kappa shape index (κ2) is 12.7. The van der Waals surface area contributed by atoms with Gasteiger partial charge in [-0.15, -0.1) is 0 Å². The van der Waals surface area contributed by atoms with Gasteiger partial charge in [-0.25, -0.2) is 0 Å². The third-order valence-corrected chi connectivity index (χ3v) is 14.1. The summed E-state index contributed by atoms with van der Waals surface area (Å²) in [5, 5.41) is 7.60. The number of rotatable bonds is 4. The maximum absolute atomic E-state index is 2.47. The number of benzene rings is 10. The SMILES string of the molecule is CC1(C)c2ccccc2-c2ccc(-c3ccc(-c4c5ccccc5c(-c5cccc6c5-c5ccccc5C6(C)C)c5cc(-c6ccc7ccccc7c6)ccc45)cc3)cc21. The lowest BCUT2D eigenvalue weighted by Crippen LogP contribution is -2.14. The topological polar surface area (TPSA) is 0 Å². The minimum Gasteiger partial charge on any atom is -0.0619 e. The summed E-state index contributed by atoms with van der Waals surface area (Å²) in [5.41, 5.74) is 20.9. The highest BCUT2D eigenvalue weighted by Gasteiger charge is 2.38. The summed E-state index contributed by atoms with van der Waals surface area (Å²) in [6.45, 7) is 9.48. The van der Waals surface area contributed by atoms with Gasteiger partial charge < -0.3 is 0 Å². The number of hydrogen-bond donors (Lipinski definition) is 0. The largest absolute Gasteiger partial charge is 0.0619 e. The van der Waals surface area contributed by atoms with Crippen molar-refractivity contribution in [3.63, 3.8) is 0 Å². The maximum atomic E-state index is 2.47. The van der Waals surface area contributed by atoms with Crippen molar-refractivity contribution in [1.82, 2.24) is 0 Å². The molecular weight excluding hydrogens is 721 g/mol. The smallest absolute Gasteiger partial charge is 0.0159 e. The van der Waals surface area contributed by atoms with E-state index in [0.717, 1.165) is 0 Å². The predicted molar refractivity (Wildman–Crippen MR) is 256 cm³/mol. The van der Waals surface area contributed by atoms with Crippen molar-refractivity contribution < 1.29 is 0 Å². The molecule has 0 nitrogen and oxygen atoms in total. The van der Waals surface area contributed by atoms with Crippen molar-refractivity contribution in [2.24, 2.45) is 0 Å². The molecule has 0 bridgehead atoms. The van der Waals surface area contributed by atoms with E-state index in [2.05, 4.69) is 222 Å². The maximum Gasteiger partial charge on any atom is 0.0159 e. The van der Waals surface area contributed by atoms with Crippen LogP contribution in [0.25, 0.3) is 99.1 Å². The molecule has 0 fully saturated rings. The van der Waals surface area contributed by atoms with Crippen LogP contribution in [-0.4, -0.2) is 0 Å². The third-order valence-electron chi connectivity index (χ3n) is 14.1. The van der Waals surface area contributed by atoms with E-state index in [4.69, 9.17) is 0 Å². The zero-order valence-corrected chi connectivity index (χ0v) is 34.5. The monoisotopic (exact) mass is 764 g/mol. The molecule has 10 aromatic rings. The molecule has 0 aromatic heterocycles. The van der Waals surface area contributed by atoms with Crippen LogP contribution < -0.4 is 0 Å². The van der Waals surface area contributed by atoms with Gasteiger partial charge in [0, 0.05) is 10.8 Å². The van der Waals surface area contributed by atoms with Gasteiger partial charge in [-0.1, -0.05) is 204 Å². The minimum absolute atomic E-state index is 0.0378. The third kappa shape index (κ3) is 4.98. The second-order valence-electron chi connectivity index (χ2n) is 18.0. The summed E-state index contributed by atoms with van der Waals surface area (Å²) in [4.78, 5) is 0. The first kappa shape index (κ1) is 35.0. The predicted octanol–water partition coefficient (Wildman–Crippen LogP) is 16.4. The average molecular weight is 765 g/mol. The molecule has 0 saturated carbocycles. The van der Waals surface area contributed by atoms with Crippen molar-refractivity contribution >= 4 is 32.3 Å². The summed E-state index contributed by atoms with van der Waals surface area (Å²) in [7, 11) is 0. The summed E-state index contributed by atoms with van der Waals surface area (Å²) >= 11 is 0. The fourth-order valence-corrected chi connectivity index (χ4v) is 11.0. The van der Waals surface area contributed by atoms with Crippen LogP contribution in [-0.2, 0) is 10.8 Å². The Morgan fingerprint density at radius 1 is 0.250 bits per heavy atom. The lowest BCUT2D eigenvalue weighted by molar-refractivity contribution is 0.660. The van der Waals surface area contributed by atoms with E-state index in [0.29, 0.717) is 0 Å². The van der Waals surface area contributed by atoms with E-state index in [1.165, 1.54) is 121 Å². The Morgan fingerprint density at radius 2 is 0.750 bits per heavy atom. The second-order valence-corrected chi connectivity index (χ2v) is 18.0. The molecular formula is C60H44. The van der Waals surface area contributed by atoms with Gasteiger partial charge in [0.15, 0.2) is 0 Å². The first-order valence-electron chi connectivity index (χ1n) is 21.3. The van der Waals surface area contributed by atoms with Gasteiger partial charge in [-0.3, -0.25) is 0 Å². The van der Waals surface area contributed by atoms with Gasteiger partial charge >= 0.3 is 0 Å². The molecule has 60 heavy (non-hydrogen) atoms. The highest BCUT2D eigenvalue weighted by atomic mass is 14.4. The molecule has 0 heterocycles. The van der Waals surface area contributed by atoms with Gasteiger partial charge in [0.2, 0.25) is 0 Å². The first-order valence-corrected chi connectivity index (χ1v) is 21.3. The number of fused-ring (bicyclic) bond motifs is 9. The van der Waals surface area contributed by atoms with Gasteiger partial charge in [-0.05, 0) is 140 Å². The van der Waals surface area contributed by atoms with Gasteiger partial charge in [0.05, 0.1) is 0 Å². The molecule has 0 atom stereocenters. The first-order chi connectivity index (χ1) is 29.3. The van der Waals surface area contributed by atoms with Crippen molar-refractivity contribution in [1.29, 1.82) is 0 Å². The Kier molecular flexibility index (Phi) is 7.42. The quantitative estimate of drug-likeness (QED) is 0.157. The van der Waals surface area contributed by atoms with E-state index in [9.17, 15) is 0 Å². The van der Waals surface area contributed by atoms with Crippen LogP contribution in [0.2, 0.25) is 0 Å². The molecule has 0 heteroatoms. The van der Waals surface area contributed by atoms with Crippen LogP contribution in [0.1, 0.15) is 49.9 Å². The molecule has 0 amide bonds. The Bertz CT molecular complexity index is 3410. The normalized spacial score (nSPS) is 14.3. The zero-order chi connectivity index (χ0) is 40.3. The highest BCUT2D eigenvalue weighted by Crippen LogP contribution is 2.55. The van der Waals surface area contributed by atoms with Crippen molar-refractivity contribution in [2.45, 2.75) is 38.5 Å². The molecule has 0 radical (unpaired) electrons. The summed E-state index contributed by atoms with van der Waals surface area (Å²) < 4.78 is 0. The van der Waals surface area contributed by atoms with Gasteiger partial charge in [0.1, 0.15) is 0 Å². The Hall–Kier alpha value is -7.02. The molecule has 10 aromatic carbocycles. The van der Waals surface area contributed by atoms with E-state index < -0.39 is 0 Å². The van der Waals surface area contributed by atoms with Crippen LogP contribution in [0.3, 0.4) is 0 Å². The lowest BCUT2D eigenvalue weighted by atomic mass is 9.80. The molecule has 2 aliphatic carbocycles. The van der Waals surface area contributed by atoms with Crippen molar-refractivity contribution in [3.8, 4) is 66.8 Å².